The molecule has 0 bridgehead atoms. The Morgan fingerprint density at radius 3 is 2.89 bits per heavy atom. The average molecular weight is 272 g/mol. The van der Waals surface area contributed by atoms with E-state index in [2.05, 4.69) is 12.2 Å². The van der Waals surface area contributed by atoms with Gasteiger partial charge in [0.2, 0.25) is 5.91 Å². The second kappa shape index (κ2) is 10.2. The minimum Gasteiger partial charge on any atom is -0.383 e. The van der Waals surface area contributed by atoms with Crippen LogP contribution in [0.4, 0.5) is 0 Å². The number of hydrogen-bond donors (Lipinski definition) is 1. The van der Waals surface area contributed by atoms with Gasteiger partial charge in [-0.15, -0.1) is 0 Å². The highest BCUT2D eigenvalue weighted by Crippen LogP contribution is 2.14. The summed E-state index contributed by atoms with van der Waals surface area (Å²) in [4.78, 5) is 14.0. The first-order chi connectivity index (χ1) is 9.27. The van der Waals surface area contributed by atoms with Crippen molar-refractivity contribution in [3.63, 3.8) is 0 Å². The van der Waals surface area contributed by atoms with E-state index in [1.165, 1.54) is 0 Å². The number of carbonyl (C=O) groups excluding carboxylic acids is 1. The highest BCUT2D eigenvalue weighted by Gasteiger charge is 2.20. The molecular formula is C14H28N2O3. The van der Waals surface area contributed by atoms with Crippen molar-refractivity contribution in [2.75, 3.05) is 46.5 Å². The van der Waals surface area contributed by atoms with Crippen molar-refractivity contribution in [1.29, 1.82) is 0 Å². The van der Waals surface area contributed by atoms with Gasteiger partial charge in [0, 0.05) is 33.4 Å². The topological polar surface area (TPSA) is 50.8 Å². The molecule has 112 valence electrons. The van der Waals surface area contributed by atoms with E-state index in [0.717, 1.165) is 51.9 Å². The van der Waals surface area contributed by atoms with Gasteiger partial charge in [0.15, 0.2) is 0 Å². The Kier molecular flexibility index (Phi) is 8.79. The molecule has 1 fully saturated rings. The maximum absolute atomic E-state index is 12.0. The summed E-state index contributed by atoms with van der Waals surface area (Å²) in [5.74, 6) is 0.187. The van der Waals surface area contributed by atoms with E-state index in [0.29, 0.717) is 19.3 Å². The molecule has 1 aliphatic rings. The van der Waals surface area contributed by atoms with Crippen molar-refractivity contribution in [2.45, 2.75) is 38.7 Å². The number of carbonyl (C=O) groups is 1. The van der Waals surface area contributed by atoms with Crippen LogP contribution in [0.3, 0.4) is 0 Å². The smallest absolute Gasteiger partial charge is 0.236 e. The van der Waals surface area contributed by atoms with E-state index in [1.807, 2.05) is 4.90 Å². The zero-order valence-corrected chi connectivity index (χ0v) is 12.3. The third-order valence-corrected chi connectivity index (χ3v) is 3.34. The van der Waals surface area contributed by atoms with Crippen LogP contribution in [0.1, 0.15) is 32.6 Å². The highest BCUT2D eigenvalue weighted by atomic mass is 16.5. The van der Waals surface area contributed by atoms with Crippen molar-refractivity contribution in [3.8, 4) is 0 Å². The summed E-state index contributed by atoms with van der Waals surface area (Å²) in [7, 11) is 1.66. The largest absolute Gasteiger partial charge is 0.383 e. The van der Waals surface area contributed by atoms with E-state index in [-0.39, 0.29) is 5.91 Å². The minimum absolute atomic E-state index is 0.187. The van der Waals surface area contributed by atoms with Gasteiger partial charge in [-0.2, -0.15) is 0 Å². The monoisotopic (exact) mass is 272 g/mol. The first kappa shape index (κ1) is 16.4. The maximum atomic E-state index is 12.0. The zero-order chi connectivity index (χ0) is 13.9. The predicted octanol–water partition coefficient (Wildman–Crippen LogP) is 1.03. The lowest BCUT2D eigenvalue weighted by atomic mass is 10.2. The average Bonchev–Trinajstić information content (AvgIpc) is 2.66. The van der Waals surface area contributed by atoms with E-state index in [9.17, 15) is 4.79 Å². The molecule has 5 nitrogen and oxygen atoms in total. The number of nitrogens with one attached hydrogen (secondary N) is 1. The van der Waals surface area contributed by atoms with Crippen LogP contribution < -0.4 is 5.32 Å². The van der Waals surface area contributed by atoms with Crippen LogP contribution in [-0.2, 0) is 14.3 Å². The quantitative estimate of drug-likeness (QED) is 0.671. The van der Waals surface area contributed by atoms with Crippen molar-refractivity contribution in [2.24, 2.45) is 0 Å². The van der Waals surface area contributed by atoms with Crippen LogP contribution in [0, 0.1) is 0 Å². The molecular weight excluding hydrogens is 244 g/mol. The Bertz CT molecular complexity index is 249. The Balaban J connectivity index is 2.21. The molecule has 0 aromatic carbocycles. The number of ether oxygens (including phenoxy) is 2. The minimum atomic E-state index is 0.187. The summed E-state index contributed by atoms with van der Waals surface area (Å²) in [5, 5.41) is 3.10. The number of likely N-dealkylation sites (tertiary alicyclic amines) is 1. The molecule has 1 N–H and O–H groups in total. The summed E-state index contributed by atoms with van der Waals surface area (Å²) in [6.07, 6.45) is 4.46. The Morgan fingerprint density at radius 1 is 1.32 bits per heavy atom. The fourth-order valence-corrected chi connectivity index (χ4v) is 2.25. The van der Waals surface area contributed by atoms with E-state index in [4.69, 9.17) is 9.47 Å². The molecule has 1 rings (SSSR count). The number of nitrogens with zero attached hydrogens (tertiary/aromatic N) is 1. The molecule has 0 radical (unpaired) electrons. The molecule has 19 heavy (non-hydrogen) atoms. The maximum Gasteiger partial charge on any atom is 0.236 e. The van der Waals surface area contributed by atoms with Crippen LogP contribution >= 0.6 is 0 Å². The number of amides is 1. The summed E-state index contributed by atoms with van der Waals surface area (Å²) >= 11 is 0. The molecule has 5 heteroatoms. The lowest BCUT2D eigenvalue weighted by Gasteiger charge is -2.21. The van der Waals surface area contributed by atoms with Gasteiger partial charge in [0.05, 0.1) is 19.3 Å². The molecule has 1 heterocycles. The molecule has 1 amide bonds. The Labute approximate surface area is 116 Å². The first-order valence-corrected chi connectivity index (χ1v) is 7.37. The fourth-order valence-electron chi connectivity index (χ4n) is 2.25. The molecule has 1 aliphatic heterocycles. The van der Waals surface area contributed by atoms with Gasteiger partial charge in [0.1, 0.15) is 0 Å². The molecule has 0 aliphatic carbocycles. The van der Waals surface area contributed by atoms with Gasteiger partial charge in [0.25, 0.3) is 0 Å². The molecule has 0 saturated carbocycles. The van der Waals surface area contributed by atoms with Crippen LogP contribution in [0.2, 0.25) is 0 Å². The normalized spacial score (nSPS) is 20.3. The lowest BCUT2D eigenvalue weighted by molar-refractivity contribution is -0.130. The standard InChI is InChI=1S/C14H28N2O3/c1-3-10-19-13-5-4-8-16(9-6-13)14(17)12-15-7-11-18-2/h13,15H,3-12H2,1-2H3. The van der Waals surface area contributed by atoms with E-state index >= 15 is 0 Å². The predicted molar refractivity (Wildman–Crippen MR) is 75.2 cm³/mol. The van der Waals surface area contributed by atoms with E-state index < -0.39 is 0 Å². The molecule has 1 unspecified atom stereocenters. The van der Waals surface area contributed by atoms with Gasteiger partial charge in [-0.1, -0.05) is 6.92 Å². The van der Waals surface area contributed by atoms with Gasteiger partial charge in [-0.25, -0.2) is 0 Å². The van der Waals surface area contributed by atoms with Crippen molar-refractivity contribution in [3.05, 3.63) is 0 Å². The van der Waals surface area contributed by atoms with Crippen LogP contribution in [0.5, 0.6) is 0 Å². The Morgan fingerprint density at radius 2 is 2.16 bits per heavy atom. The molecule has 1 saturated heterocycles. The number of hydrogen-bond acceptors (Lipinski definition) is 4. The van der Waals surface area contributed by atoms with Crippen molar-refractivity contribution < 1.29 is 14.3 Å². The fraction of sp³-hybridized carbons (Fsp3) is 0.929. The second-order valence-corrected chi connectivity index (χ2v) is 4.97. The lowest BCUT2D eigenvalue weighted by Crippen LogP contribution is -2.39. The molecule has 0 aromatic heterocycles. The SMILES string of the molecule is CCCOC1CCCN(C(=O)CNCCOC)CC1. The summed E-state index contributed by atoms with van der Waals surface area (Å²) in [6, 6.07) is 0. The number of rotatable bonds is 8. The molecule has 0 spiro atoms. The van der Waals surface area contributed by atoms with Gasteiger partial charge in [-0.3, -0.25) is 4.79 Å². The van der Waals surface area contributed by atoms with Crippen LogP contribution in [-0.4, -0.2) is 63.4 Å². The summed E-state index contributed by atoms with van der Waals surface area (Å²) in [6.45, 7) is 6.40. The second-order valence-electron chi connectivity index (χ2n) is 4.97. The third kappa shape index (κ3) is 6.89. The molecule has 0 aromatic rings. The van der Waals surface area contributed by atoms with Gasteiger partial charge < -0.3 is 19.7 Å². The first-order valence-electron chi connectivity index (χ1n) is 7.37. The summed E-state index contributed by atoms with van der Waals surface area (Å²) in [5.41, 5.74) is 0. The van der Waals surface area contributed by atoms with Crippen molar-refractivity contribution in [1.82, 2.24) is 10.2 Å². The van der Waals surface area contributed by atoms with Crippen LogP contribution in [0.25, 0.3) is 0 Å². The number of methoxy groups -OCH3 is 1. The van der Waals surface area contributed by atoms with Gasteiger partial charge >= 0.3 is 0 Å². The van der Waals surface area contributed by atoms with Gasteiger partial charge in [-0.05, 0) is 25.7 Å². The molecule has 1 atom stereocenters. The Hall–Kier alpha value is -0.650. The van der Waals surface area contributed by atoms with Crippen molar-refractivity contribution >= 4 is 5.91 Å². The van der Waals surface area contributed by atoms with Crippen LogP contribution in [0.15, 0.2) is 0 Å². The third-order valence-electron chi connectivity index (χ3n) is 3.34. The highest BCUT2D eigenvalue weighted by molar-refractivity contribution is 5.78. The summed E-state index contributed by atoms with van der Waals surface area (Å²) < 4.78 is 10.7. The zero-order valence-electron chi connectivity index (χ0n) is 12.3. The van der Waals surface area contributed by atoms with E-state index in [1.54, 1.807) is 7.11 Å².